The first kappa shape index (κ1) is 12.1. The molecule has 1 aliphatic rings. The predicted molar refractivity (Wildman–Crippen MR) is 73.8 cm³/mol. The number of imidazole rings is 1. The largest absolute Gasteiger partial charge is 0.494 e. The molecule has 1 aromatic heterocycles. The fourth-order valence-corrected chi connectivity index (χ4v) is 2.44. The summed E-state index contributed by atoms with van der Waals surface area (Å²) < 4.78 is 13.6. The van der Waals surface area contributed by atoms with Crippen LogP contribution in [-0.4, -0.2) is 22.8 Å². The summed E-state index contributed by atoms with van der Waals surface area (Å²) in [5.41, 5.74) is 3.33. The first-order valence-electron chi connectivity index (χ1n) is 6.64. The molecule has 2 aromatic rings. The smallest absolute Gasteiger partial charge is 0.144 e. The Labute approximate surface area is 113 Å². The van der Waals surface area contributed by atoms with Gasteiger partial charge < -0.3 is 14.0 Å². The number of ether oxygens (including phenoxy) is 2. The van der Waals surface area contributed by atoms with Crippen molar-refractivity contribution >= 4 is 0 Å². The van der Waals surface area contributed by atoms with Crippen molar-refractivity contribution in [2.45, 2.75) is 27.3 Å². The highest BCUT2D eigenvalue weighted by Gasteiger charge is 2.20. The van der Waals surface area contributed by atoms with Crippen LogP contribution in [0.4, 0.5) is 0 Å². The van der Waals surface area contributed by atoms with Gasteiger partial charge in [-0.05, 0) is 32.9 Å². The molecule has 100 valence electrons. The van der Waals surface area contributed by atoms with Gasteiger partial charge in [-0.25, -0.2) is 4.98 Å². The molecule has 0 saturated carbocycles. The number of hydrogen-bond acceptors (Lipinski definition) is 3. The number of aryl methyl sites for hydroxylation is 1. The zero-order valence-electron chi connectivity index (χ0n) is 11.6. The standard InChI is InChI=1S/C15H18N2O2/c1-4-18-12-5-6-13-14(9-12)19-8-7-17-11(3)10(2)16-15(13)17/h5-6,9H,4,7-8H2,1-3H3. The summed E-state index contributed by atoms with van der Waals surface area (Å²) in [7, 11) is 0. The van der Waals surface area contributed by atoms with Crippen LogP contribution in [0.2, 0.25) is 0 Å². The first-order valence-corrected chi connectivity index (χ1v) is 6.64. The van der Waals surface area contributed by atoms with Crippen molar-refractivity contribution in [2.75, 3.05) is 13.2 Å². The number of fused-ring (bicyclic) bond motifs is 3. The van der Waals surface area contributed by atoms with Crippen LogP contribution in [0.5, 0.6) is 11.5 Å². The molecule has 0 unspecified atom stereocenters. The Morgan fingerprint density at radius 2 is 2.21 bits per heavy atom. The van der Waals surface area contributed by atoms with Gasteiger partial charge in [0.15, 0.2) is 0 Å². The van der Waals surface area contributed by atoms with Crippen LogP contribution in [0.25, 0.3) is 11.4 Å². The maximum atomic E-state index is 5.83. The van der Waals surface area contributed by atoms with Crippen molar-refractivity contribution in [3.05, 3.63) is 29.6 Å². The number of rotatable bonds is 2. The molecule has 4 nitrogen and oxygen atoms in total. The molecule has 0 amide bonds. The Morgan fingerprint density at radius 3 is 3.00 bits per heavy atom. The fraction of sp³-hybridized carbons (Fsp3) is 0.400. The van der Waals surface area contributed by atoms with Crippen molar-refractivity contribution in [1.82, 2.24) is 9.55 Å². The lowest BCUT2D eigenvalue weighted by molar-refractivity contribution is 0.300. The number of aromatic nitrogens is 2. The summed E-state index contributed by atoms with van der Waals surface area (Å²) in [6, 6.07) is 5.96. The summed E-state index contributed by atoms with van der Waals surface area (Å²) >= 11 is 0. The number of nitrogens with zero attached hydrogens (tertiary/aromatic N) is 2. The highest BCUT2D eigenvalue weighted by atomic mass is 16.5. The minimum absolute atomic E-state index is 0.658. The number of hydrogen-bond donors (Lipinski definition) is 0. The van der Waals surface area contributed by atoms with Gasteiger partial charge in [0.1, 0.15) is 23.9 Å². The Balaban J connectivity index is 2.13. The molecule has 1 aromatic carbocycles. The maximum absolute atomic E-state index is 5.83. The van der Waals surface area contributed by atoms with Crippen LogP contribution in [0.3, 0.4) is 0 Å². The van der Waals surface area contributed by atoms with E-state index in [0.717, 1.165) is 35.1 Å². The molecule has 3 rings (SSSR count). The van der Waals surface area contributed by atoms with Crippen LogP contribution in [0, 0.1) is 13.8 Å². The van der Waals surface area contributed by atoms with E-state index in [4.69, 9.17) is 9.47 Å². The molecule has 0 atom stereocenters. The Morgan fingerprint density at radius 1 is 1.37 bits per heavy atom. The van der Waals surface area contributed by atoms with Crippen LogP contribution < -0.4 is 9.47 Å². The van der Waals surface area contributed by atoms with E-state index in [9.17, 15) is 0 Å². The van der Waals surface area contributed by atoms with Crippen molar-refractivity contribution < 1.29 is 9.47 Å². The zero-order chi connectivity index (χ0) is 13.4. The van der Waals surface area contributed by atoms with Crippen LogP contribution in [0.1, 0.15) is 18.3 Å². The van der Waals surface area contributed by atoms with E-state index >= 15 is 0 Å². The lowest BCUT2D eigenvalue weighted by Gasteiger charge is -2.09. The van der Waals surface area contributed by atoms with E-state index in [-0.39, 0.29) is 0 Å². The lowest BCUT2D eigenvalue weighted by Crippen LogP contribution is -2.07. The third-order valence-corrected chi connectivity index (χ3v) is 3.54. The Kier molecular flexibility index (Phi) is 2.93. The maximum Gasteiger partial charge on any atom is 0.144 e. The van der Waals surface area contributed by atoms with Gasteiger partial charge >= 0.3 is 0 Å². The average Bonchev–Trinajstić information content (AvgIpc) is 2.59. The summed E-state index contributed by atoms with van der Waals surface area (Å²) in [6.45, 7) is 8.28. The van der Waals surface area contributed by atoms with Gasteiger partial charge in [0.25, 0.3) is 0 Å². The summed E-state index contributed by atoms with van der Waals surface area (Å²) in [4.78, 5) is 4.67. The Bertz CT molecular complexity index is 617. The molecular weight excluding hydrogens is 240 g/mol. The van der Waals surface area contributed by atoms with Crippen LogP contribution in [0.15, 0.2) is 18.2 Å². The second kappa shape index (κ2) is 4.61. The fourth-order valence-electron chi connectivity index (χ4n) is 2.44. The van der Waals surface area contributed by atoms with Gasteiger partial charge in [-0.15, -0.1) is 0 Å². The summed E-state index contributed by atoms with van der Waals surface area (Å²) in [5, 5.41) is 0. The molecule has 0 spiro atoms. The van der Waals surface area contributed by atoms with Crippen molar-refractivity contribution in [2.24, 2.45) is 0 Å². The van der Waals surface area contributed by atoms with E-state index < -0.39 is 0 Å². The van der Waals surface area contributed by atoms with E-state index in [1.165, 1.54) is 5.69 Å². The predicted octanol–water partition coefficient (Wildman–Crippen LogP) is 2.96. The lowest BCUT2D eigenvalue weighted by atomic mass is 10.2. The quantitative estimate of drug-likeness (QED) is 0.831. The molecule has 1 aliphatic heterocycles. The molecule has 4 heteroatoms. The SMILES string of the molecule is CCOc1ccc2c(c1)OCCn1c-2nc(C)c1C. The molecule has 0 bridgehead atoms. The first-order chi connectivity index (χ1) is 9.20. The summed E-state index contributed by atoms with van der Waals surface area (Å²) in [6.07, 6.45) is 0. The average molecular weight is 258 g/mol. The number of benzene rings is 1. The van der Waals surface area contributed by atoms with E-state index in [0.29, 0.717) is 13.2 Å². The van der Waals surface area contributed by atoms with Gasteiger partial charge in [0, 0.05) is 11.8 Å². The third kappa shape index (κ3) is 1.97. The molecule has 0 N–H and O–H groups in total. The topological polar surface area (TPSA) is 36.3 Å². The van der Waals surface area contributed by atoms with Crippen LogP contribution >= 0.6 is 0 Å². The van der Waals surface area contributed by atoms with Crippen molar-refractivity contribution in [1.29, 1.82) is 0 Å². The van der Waals surface area contributed by atoms with E-state index in [2.05, 4.69) is 16.5 Å². The Hall–Kier alpha value is -1.97. The highest BCUT2D eigenvalue weighted by molar-refractivity contribution is 5.67. The van der Waals surface area contributed by atoms with Crippen LogP contribution in [-0.2, 0) is 6.54 Å². The zero-order valence-corrected chi connectivity index (χ0v) is 11.6. The molecule has 19 heavy (non-hydrogen) atoms. The van der Waals surface area contributed by atoms with Gasteiger partial charge in [0.05, 0.1) is 24.4 Å². The molecule has 2 heterocycles. The molecule has 0 radical (unpaired) electrons. The minimum atomic E-state index is 0.658. The molecule has 0 saturated heterocycles. The monoisotopic (exact) mass is 258 g/mol. The van der Waals surface area contributed by atoms with Gasteiger partial charge in [-0.3, -0.25) is 0 Å². The minimum Gasteiger partial charge on any atom is -0.494 e. The van der Waals surface area contributed by atoms with E-state index in [1.54, 1.807) is 0 Å². The molecule has 0 aliphatic carbocycles. The van der Waals surface area contributed by atoms with Crippen molar-refractivity contribution in [3.63, 3.8) is 0 Å². The second-order valence-corrected chi connectivity index (χ2v) is 4.70. The summed E-state index contributed by atoms with van der Waals surface area (Å²) in [5.74, 6) is 2.69. The van der Waals surface area contributed by atoms with Crippen molar-refractivity contribution in [3.8, 4) is 22.9 Å². The highest BCUT2D eigenvalue weighted by Crippen LogP contribution is 2.35. The molecular formula is C15H18N2O2. The van der Waals surface area contributed by atoms with Gasteiger partial charge in [-0.2, -0.15) is 0 Å². The van der Waals surface area contributed by atoms with E-state index in [1.807, 2.05) is 32.0 Å². The molecule has 0 fully saturated rings. The van der Waals surface area contributed by atoms with Gasteiger partial charge in [-0.1, -0.05) is 0 Å². The normalized spacial score (nSPS) is 13.2. The second-order valence-electron chi connectivity index (χ2n) is 4.70. The van der Waals surface area contributed by atoms with Gasteiger partial charge in [0.2, 0.25) is 0 Å². The third-order valence-electron chi connectivity index (χ3n) is 3.54.